The topological polar surface area (TPSA) is 311 Å². The van der Waals surface area contributed by atoms with E-state index in [1.54, 1.807) is 52.4 Å². The van der Waals surface area contributed by atoms with Crippen LogP contribution in [0, 0.1) is 21.7 Å². The highest BCUT2D eigenvalue weighted by molar-refractivity contribution is 7.11. The van der Waals surface area contributed by atoms with Gasteiger partial charge in [0.1, 0.15) is 44.2 Å². The zero-order chi connectivity index (χ0) is 98.5. The van der Waals surface area contributed by atoms with Crippen molar-refractivity contribution in [2.45, 2.75) is 253 Å². The third-order valence-corrected chi connectivity index (χ3v) is 31.5. The third kappa shape index (κ3) is 22.8. The smallest absolute Gasteiger partial charge is 0.246 e. The summed E-state index contributed by atoms with van der Waals surface area (Å²) in [6.07, 6.45) is 9.40. The zero-order valence-corrected chi connectivity index (χ0v) is 86.1. The molecule has 1 saturated carbocycles. The Morgan fingerprint density at radius 2 is 0.688 bits per heavy atom. The largest absolute Gasteiger partial charge is 0.342 e. The Morgan fingerprint density at radius 3 is 0.964 bits per heavy atom. The Labute approximate surface area is 828 Å². The molecule has 0 bridgehead atoms. The molecule has 28 heteroatoms. The standard InChI is InChI=1S/2C28H36N4O2S.2C27H32N4O2S/c1-27(2,3)23(31-26(34)28(4,5)29-6)25(33)32-16-10-15-22(32)24-30-21(17-35-24)20-14-9-12-18-11-7-8-13-19(18)20;1-6-29-18(2)25(33)31-24(28(3,4)5)27(34)32-16-10-15-23(32)26-30-22(17-35-26)21-14-9-12-19-11-7-8-13-20(19)21;1-26(2,3)22(30-25(33)27(28)13-14-27)24(32)31-15-7-12-21(31)23-29-20(16-34-23)19-11-6-9-17-8-4-5-10-18(17)19;1-27(2,3)23(30-24(32)20-13-14-28-20)26(33)31-15-7-12-22(31)25-29-21(16-34-25)19-11-6-9-17-8-4-5-10-18(17)19/h7-9,11-14,17,22-23,29H,10,15-16H2,1-6H3,(H,31,34);7-9,11-14,17-18,23-24,29H,6,10,15-16H2,1-5H3,(H,31,33);4-6,8-11,16,21-22H,7,12-15,28H2,1-3H3,(H,30,33);4-6,8-11,16,20,22-23,28H,7,12-15H2,1-3H3,(H,30,32)/t22-,23+;18-,23-,24+;21-,22+;20-,22-,23+/m0000/s1. The molecule has 1 aliphatic carbocycles. The second-order valence-corrected chi connectivity index (χ2v) is 46.0. The first-order valence-corrected chi connectivity index (χ1v) is 52.4. The fourth-order valence-electron chi connectivity index (χ4n) is 18.9. The summed E-state index contributed by atoms with van der Waals surface area (Å²) in [7, 11) is 1.75. The van der Waals surface area contributed by atoms with Crippen molar-refractivity contribution < 1.29 is 38.4 Å². The lowest BCUT2D eigenvalue weighted by Crippen LogP contribution is -2.60. The number of nitrogens with zero attached hydrogens (tertiary/aromatic N) is 8. The molecule has 0 radical (unpaired) electrons. The van der Waals surface area contributed by atoms with E-state index in [1.807, 2.05) is 173 Å². The average molecular weight is 1940 g/mol. The first kappa shape index (κ1) is 101. The lowest BCUT2D eigenvalue weighted by Gasteiger charge is -2.37. The second-order valence-electron chi connectivity index (χ2n) is 42.4. The fourth-order valence-corrected chi connectivity index (χ4v) is 22.8. The number of carbonyl (C=O) groups is 8. The van der Waals surface area contributed by atoms with E-state index >= 15 is 0 Å². The Bertz CT molecular complexity index is 6380. The van der Waals surface area contributed by atoms with Crippen LogP contribution >= 0.6 is 45.3 Å². The normalized spacial score (nSPS) is 19.3. The third-order valence-electron chi connectivity index (χ3n) is 27.7. The lowest BCUT2D eigenvalue weighted by atomic mass is 9.85. The van der Waals surface area contributed by atoms with Gasteiger partial charge >= 0.3 is 0 Å². The number of benzene rings is 8. The van der Waals surface area contributed by atoms with Crippen LogP contribution in [-0.2, 0) is 38.4 Å². The Hall–Kier alpha value is -11.1. The van der Waals surface area contributed by atoms with E-state index in [0.717, 1.165) is 129 Å². The van der Waals surface area contributed by atoms with Crippen molar-refractivity contribution in [3.05, 3.63) is 211 Å². The number of thiazole rings is 4. The summed E-state index contributed by atoms with van der Waals surface area (Å²) in [6.45, 7) is 35.7. The summed E-state index contributed by atoms with van der Waals surface area (Å²) in [4.78, 5) is 134. The van der Waals surface area contributed by atoms with Crippen LogP contribution in [0.5, 0.6) is 0 Å². The Balaban J connectivity index is 0.000000140. The zero-order valence-electron chi connectivity index (χ0n) is 82.8. The van der Waals surface area contributed by atoms with Crippen LogP contribution in [-0.4, -0.2) is 180 Å². The van der Waals surface area contributed by atoms with Crippen LogP contribution in [0.3, 0.4) is 0 Å². The number of hydrogen-bond donors (Lipinski definition) is 8. The molecular weight excluding hydrogens is 1800 g/mol. The van der Waals surface area contributed by atoms with Gasteiger partial charge in [0, 0.05) is 70.0 Å². The minimum absolute atomic E-state index is 0.00964. The van der Waals surface area contributed by atoms with E-state index in [4.69, 9.17) is 25.7 Å². The van der Waals surface area contributed by atoms with Crippen molar-refractivity contribution in [2.24, 2.45) is 27.4 Å². The first-order valence-electron chi connectivity index (χ1n) is 48.9. The van der Waals surface area contributed by atoms with Crippen molar-refractivity contribution in [1.82, 2.24) is 76.8 Å². The van der Waals surface area contributed by atoms with E-state index in [0.29, 0.717) is 45.6 Å². The van der Waals surface area contributed by atoms with Crippen molar-refractivity contribution >= 4 is 136 Å². The van der Waals surface area contributed by atoms with Gasteiger partial charge in [0.15, 0.2) is 0 Å². The molecule has 728 valence electrons. The number of hydrogen-bond acceptors (Lipinski definition) is 20. The summed E-state index contributed by atoms with van der Waals surface area (Å²) >= 11 is 6.45. The van der Waals surface area contributed by atoms with Gasteiger partial charge in [0.25, 0.3) is 0 Å². The molecule has 0 spiro atoms. The molecule has 0 unspecified atom stereocenters. The van der Waals surface area contributed by atoms with E-state index in [2.05, 4.69) is 186 Å². The van der Waals surface area contributed by atoms with Crippen LogP contribution in [0.1, 0.15) is 226 Å². The van der Waals surface area contributed by atoms with Crippen molar-refractivity contribution in [3.8, 4) is 45.0 Å². The van der Waals surface area contributed by atoms with Gasteiger partial charge in [-0.3, -0.25) is 38.4 Å². The van der Waals surface area contributed by atoms with E-state index in [1.165, 1.54) is 43.1 Å². The maximum absolute atomic E-state index is 13.8. The van der Waals surface area contributed by atoms with E-state index in [-0.39, 0.29) is 88.9 Å². The van der Waals surface area contributed by atoms with Gasteiger partial charge < -0.3 is 62.6 Å². The number of nitrogens with one attached hydrogen (secondary N) is 7. The van der Waals surface area contributed by atoms with Crippen LogP contribution in [0.25, 0.3) is 88.1 Å². The van der Waals surface area contributed by atoms with E-state index < -0.39 is 51.5 Å². The maximum Gasteiger partial charge on any atom is 0.246 e. The van der Waals surface area contributed by atoms with Gasteiger partial charge in [-0.25, -0.2) is 19.9 Å². The Kier molecular flexibility index (Phi) is 31.2. The number of carbonyl (C=O) groups excluding carboxylic acids is 8. The second kappa shape index (κ2) is 42.5. The molecule has 18 rings (SSSR count). The number of likely N-dealkylation sites (N-methyl/N-ethyl adjacent to an activating group) is 2. The molecule has 8 aromatic carbocycles. The van der Waals surface area contributed by atoms with Gasteiger partial charge in [0.05, 0.1) is 70.1 Å². The maximum atomic E-state index is 13.8. The minimum atomic E-state index is -0.809. The van der Waals surface area contributed by atoms with Crippen LogP contribution in [0.15, 0.2) is 191 Å². The number of nitrogens with two attached hydrogens (primary N) is 1. The van der Waals surface area contributed by atoms with Gasteiger partial charge in [0.2, 0.25) is 47.3 Å². The molecule has 6 aliphatic rings. The fraction of sp³-hybridized carbons (Fsp3) is 0.455. The van der Waals surface area contributed by atoms with Gasteiger partial charge in [-0.1, -0.05) is 260 Å². The predicted molar refractivity (Wildman–Crippen MR) is 559 cm³/mol. The summed E-state index contributed by atoms with van der Waals surface area (Å²) in [5.74, 6) is -0.758. The SMILES string of the molecule is CC(C)(C)[C@H](NC(=O)C1(N)CC1)C(=O)N1CCC[C@H]1c1nc(-c2cccc3ccccc23)cs1.CC(C)(C)[C@H](NC(=O)[C@@H]1CCN1)C(=O)N1CCC[C@H]1c1nc(-c2cccc3ccccc23)cs1.CCN[C@@H](C)C(=O)N[C@H](C(=O)N1CCC[C@H]1c1nc(-c2cccc3ccccc23)cs1)C(C)(C)C.CNC(C)(C)C(=O)N[C@H](C(=O)N1CCC[C@H]1c1nc(-c2cccc3ccccc23)cs1)C(C)(C)C. The lowest BCUT2D eigenvalue weighted by molar-refractivity contribution is -0.141. The quantitative estimate of drug-likeness (QED) is 0.0295. The molecule has 5 saturated heterocycles. The van der Waals surface area contributed by atoms with Crippen LogP contribution in [0.2, 0.25) is 0 Å². The monoisotopic (exact) mass is 1940 g/mol. The van der Waals surface area contributed by atoms with Crippen LogP contribution in [0.4, 0.5) is 0 Å². The molecule has 138 heavy (non-hydrogen) atoms. The molecule has 10 atom stereocenters. The molecule has 4 aromatic heterocycles. The molecule has 6 fully saturated rings. The van der Waals surface area contributed by atoms with E-state index in [9.17, 15) is 38.4 Å². The number of likely N-dealkylation sites (tertiary alicyclic amines) is 4. The van der Waals surface area contributed by atoms with Crippen LogP contribution < -0.4 is 43.0 Å². The molecule has 8 amide bonds. The molecule has 5 aliphatic heterocycles. The van der Waals surface area contributed by atoms with Gasteiger partial charge in [-0.2, -0.15) is 0 Å². The molecule has 9 heterocycles. The highest BCUT2D eigenvalue weighted by Gasteiger charge is 2.51. The molecular formula is C110H136N16O8S4. The number of fused-ring (bicyclic) bond motifs is 4. The average Bonchev–Trinajstić information content (AvgIpc) is 1.63. The highest BCUT2D eigenvalue weighted by atomic mass is 32.1. The number of aromatic nitrogens is 4. The summed E-state index contributed by atoms with van der Waals surface area (Å²) in [6, 6.07) is 55.2. The minimum Gasteiger partial charge on any atom is -0.342 e. The van der Waals surface area contributed by atoms with Gasteiger partial charge in [-0.05, 0) is 176 Å². The summed E-state index contributed by atoms with van der Waals surface area (Å²) in [5, 5.41) is 43.1. The van der Waals surface area contributed by atoms with Gasteiger partial charge in [-0.15, -0.1) is 45.3 Å². The molecule has 9 N–H and O–H groups in total. The first-order chi connectivity index (χ1) is 65.7. The summed E-state index contributed by atoms with van der Waals surface area (Å²) in [5.41, 5.74) is 11.1. The summed E-state index contributed by atoms with van der Waals surface area (Å²) < 4.78 is 0. The highest BCUT2D eigenvalue weighted by Crippen LogP contribution is 2.46. The van der Waals surface area contributed by atoms with Crippen molar-refractivity contribution in [2.75, 3.05) is 46.3 Å². The molecule has 12 aromatic rings. The Morgan fingerprint density at radius 1 is 0.406 bits per heavy atom. The van der Waals surface area contributed by atoms with Crippen molar-refractivity contribution in [1.29, 1.82) is 0 Å². The van der Waals surface area contributed by atoms with Crippen molar-refractivity contribution in [3.63, 3.8) is 0 Å². The molecule has 24 nitrogen and oxygen atoms in total. The number of amides is 8. The number of rotatable bonds is 23. The predicted octanol–water partition coefficient (Wildman–Crippen LogP) is 19.5.